The van der Waals surface area contributed by atoms with Crippen molar-refractivity contribution in [3.05, 3.63) is 12.2 Å². The average Bonchev–Trinajstić information content (AvgIpc) is 2.21. The molecule has 0 fully saturated rings. The molecule has 0 bridgehead atoms. The molecule has 2 N–H and O–H groups in total. The van der Waals surface area contributed by atoms with Crippen LogP contribution in [0.5, 0.6) is 0 Å². The Labute approximate surface area is 96.6 Å². The average molecular weight is 253 g/mol. The maximum atomic E-state index is 11.7. The molecule has 4 nitrogen and oxygen atoms in total. The monoisotopic (exact) mass is 253 g/mol. The minimum absolute atomic E-state index is 0.523. The zero-order chi connectivity index (χ0) is 13.3. The number of alkyl halides is 3. The predicted octanol–water partition coefficient (Wildman–Crippen LogP) is 1.69. The van der Waals surface area contributed by atoms with Crippen LogP contribution in [0.25, 0.3) is 0 Å². The smallest absolute Gasteiger partial charge is 0.383 e. The highest BCUT2D eigenvalue weighted by Crippen LogP contribution is 2.16. The molecule has 0 unspecified atom stereocenters. The third kappa shape index (κ3) is 8.44. The van der Waals surface area contributed by atoms with E-state index in [1.807, 2.05) is 0 Å². The van der Waals surface area contributed by atoms with Crippen LogP contribution in [0.15, 0.2) is 12.2 Å². The lowest BCUT2D eigenvalue weighted by Gasteiger charge is -2.02. The Balaban J connectivity index is 3.79. The van der Waals surface area contributed by atoms with Crippen molar-refractivity contribution in [2.45, 2.75) is 31.9 Å². The summed E-state index contributed by atoms with van der Waals surface area (Å²) in [6.45, 7) is 0.575. The van der Waals surface area contributed by atoms with Gasteiger partial charge in [-0.25, -0.2) is 9.59 Å². The maximum Gasteiger partial charge on any atom is 0.491 e. The number of unbranched alkanes of at least 4 members (excludes halogenated alkanes) is 3. The second-order valence-electron chi connectivity index (χ2n) is 3.25. The Hall–Kier alpha value is -1.37. The molecule has 98 valence electrons. The third-order valence-corrected chi connectivity index (χ3v) is 1.75. The van der Waals surface area contributed by atoms with E-state index in [-0.39, 0.29) is 0 Å². The molecule has 0 atom stereocenters. The lowest BCUT2D eigenvalue weighted by Crippen LogP contribution is -2.27. The Morgan fingerprint density at radius 2 is 1.82 bits per heavy atom. The standard InChI is InChI=1S/C10H14F3NO3/c11-10(12,13)9(16)17-8(15)6-4-2-1-3-5-7-14/h4,6H,1-3,5,7,14H2. The largest absolute Gasteiger partial charge is 0.491 e. The summed E-state index contributed by atoms with van der Waals surface area (Å²) in [5.41, 5.74) is 5.25. The Morgan fingerprint density at radius 3 is 2.35 bits per heavy atom. The first-order valence-corrected chi connectivity index (χ1v) is 5.07. The fourth-order valence-corrected chi connectivity index (χ4v) is 0.946. The Morgan fingerprint density at radius 1 is 1.18 bits per heavy atom. The van der Waals surface area contributed by atoms with Gasteiger partial charge in [0.25, 0.3) is 0 Å². The van der Waals surface area contributed by atoms with Gasteiger partial charge in [-0.05, 0) is 25.8 Å². The molecule has 0 aromatic rings. The van der Waals surface area contributed by atoms with Crippen molar-refractivity contribution in [2.75, 3.05) is 6.54 Å². The van der Waals surface area contributed by atoms with E-state index in [1.54, 1.807) is 0 Å². The van der Waals surface area contributed by atoms with Gasteiger partial charge < -0.3 is 10.5 Å². The number of halogens is 3. The van der Waals surface area contributed by atoms with E-state index >= 15 is 0 Å². The number of allylic oxidation sites excluding steroid dienone is 1. The number of hydrogen-bond donors (Lipinski definition) is 1. The summed E-state index contributed by atoms with van der Waals surface area (Å²) in [7, 11) is 0. The van der Waals surface area contributed by atoms with Crippen LogP contribution in [0, 0.1) is 0 Å². The van der Waals surface area contributed by atoms with Gasteiger partial charge in [0, 0.05) is 6.08 Å². The van der Waals surface area contributed by atoms with Gasteiger partial charge in [0.1, 0.15) is 0 Å². The van der Waals surface area contributed by atoms with Crippen LogP contribution >= 0.6 is 0 Å². The zero-order valence-electron chi connectivity index (χ0n) is 9.13. The van der Waals surface area contributed by atoms with Gasteiger partial charge in [-0.15, -0.1) is 0 Å². The summed E-state index contributed by atoms with van der Waals surface area (Å²) in [5, 5.41) is 0. The van der Waals surface area contributed by atoms with Crippen LogP contribution in [0.1, 0.15) is 25.7 Å². The van der Waals surface area contributed by atoms with E-state index < -0.39 is 18.1 Å². The maximum absolute atomic E-state index is 11.7. The summed E-state index contributed by atoms with van der Waals surface area (Å²) in [6.07, 6.45) is 0.0466. The molecular formula is C10H14F3NO3. The van der Waals surface area contributed by atoms with E-state index in [9.17, 15) is 22.8 Å². The fraction of sp³-hybridized carbons (Fsp3) is 0.600. The van der Waals surface area contributed by atoms with Gasteiger partial charge in [0.2, 0.25) is 0 Å². The number of hydrogen-bond acceptors (Lipinski definition) is 4. The SMILES string of the molecule is NCCCCCC=CC(=O)OC(=O)C(F)(F)F. The predicted molar refractivity (Wildman–Crippen MR) is 53.8 cm³/mol. The van der Waals surface area contributed by atoms with Crippen molar-refractivity contribution in [1.82, 2.24) is 0 Å². The van der Waals surface area contributed by atoms with Crippen LogP contribution in [-0.2, 0) is 14.3 Å². The highest BCUT2D eigenvalue weighted by atomic mass is 19.4. The van der Waals surface area contributed by atoms with Crippen LogP contribution in [0.3, 0.4) is 0 Å². The molecule has 0 aliphatic rings. The van der Waals surface area contributed by atoms with Gasteiger partial charge in [-0.2, -0.15) is 13.2 Å². The van der Waals surface area contributed by atoms with Crippen molar-refractivity contribution < 1.29 is 27.5 Å². The van der Waals surface area contributed by atoms with Gasteiger partial charge in [0.15, 0.2) is 0 Å². The van der Waals surface area contributed by atoms with Crippen molar-refractivity contribution in [1.29, 1.82) is 0 Å². The second kappa shape index (κ2) is 7.83. The molecule has 0 aliphatic heterocycles. The zero-order valence-corrected chi connectivity index (χ0v) is 9.13. The van der Waals surface area contributed by atoms with E-state index in [0.29, 0.717) is 13.0 Å². The minimum Gasteiger partial charge on any atom is -0.383 e. The molecule has 0 aliphatic carbocycles. The number of rotatable bonds is 6. The molecule has 0 amide bonds. The lowest BCUT2D eigenvalue weighted by molar-refractivity contribution is -0.200. The first kappa shape index (κ1) is 15.6. The van der Waals surface area contributed by atoms with Gasteiger partial charge in [-0.1, -0.05) is 12.5 Å². The number of nitrogens with two attached hydrogens (primary N) is 1. The lowest BCUT2D eigenvalue weighted by atomic mass is 10.2. The summed E-state index contributed by atoms with van der Waals surface area (Å²) in [6, 6.07) is 0. The van der Waals surface area contributed by atoms with E-state index in [0.717, 1.165) is 25.3 Å². The van der Waals surface area contributed by atoms with Crippen LogP contribution < -0.4 is 5.73 Å². The number of esters is 2. The van der Waals surface area contributed by atoms with Gasteiger partial charge in [0.05, 0.1) is 0 Å². The van der Waals surface area contributed by atoms with Crippen LogP contribution in [0.2, 0.25) is 0 Å². The molecule has 0 rings (SSSR count). The van der Waals surface area contributed by atoms with Crippen molar-refractivity contribution in [2.24, 2.45) is 5.73 Å². The number of carbonyl (C=O) groups is 2. The van der Waals surface area contributed by atoms with Gasteiger partial charge >= 0.3 is 18.1 Å². The first-order valence-electron chi connectivity index (χ1n) is 5.07. The summed E-state index contributed by atoms with van der Waals surface area (Å²) >= 11 is 0. The van der Waals surface area contributed by atoms with Gasteiger partial charge in [-0.3, -0.25) is 0 Å². The molecular weight excluding hydrogens is 239 g/mol. The minimum atomic E-state index is -5.15. The van der Waals surface area contributed by atoms with E-state index in [2.05, 4.69) is 4.74 Å². The first-order chi connectivity index (χ1) is 7.88. The molecule has 0 radical (unpaired) electrons. The van der Waals surface area contributed by atoms with Crippen LogP contribution in [-0.4, -0.2) is 24.7 Å². The molecule has 17 heavy (non-hydrogen) atoms. The topological polar surface area (TPSA) is 69.4 Å². The fourth-order valence-electron chi connectivity index (χ4n) is 0.946. The number of carbonyl (C=O) groups excluding carboxylic acids is 2. The molecule has 0 saturated heterocycles. The molecule has 0 aromatic heterocycles. The van der Waals surface area contributed by atoms with E-state index in [4.69, 9.17) is 5.73 Å². The van der Waals surface area contributed by atoms with Crippen molar-refractivity contribution >= 4 is 11.9 Å². The molecule has 0 heterocycles. The van der Waals surface area contributed by atoms with E-state index in [1.165, 1.54) is 6.08 Å². The molecule has 0 spiro atoms. The normalized spacial score (nSPS) is 11.8. The highest BCUT2D eigenvalue weighted by Gasteiger charge is 2.42. The summed E-state index contributed by atoms with van der Waals surface area (Å²) in [4.78, 5) is 21.0. The molecule has 7 heteroatoms. The quantitative estimate of drug-likeness (QED) is 0.338. The van der Waals surface area contributed by atoms with Crippen molar-refractivity contribution in [3.8, 4) is 0 Å². The van der Waals surface area contributed by atoms with Crippen molar-refractivity contribution in [3.63, 3.8) is 0 Å². The Bertz CT molecular complexity index is 287. The highest BCUT2D eigenvalue weighted by molar-refractivity contribution is 5.93. The molecule has 0 aromatic carbocycles. The number of ether oxygens (including phenoxy) is 1. The Kier molecular flexibility index (Phi) is 7.20. The van der Waals surface area contributed by atoms with Crippen LogP contribution in [0.4, 0.5) is 13.2 Å². The second-order valence-corrected chi connectivity index (χ2v) is 3.25. The third-order valence-electron chi connectivity index (χ3n) is 1.75. The summed E-state index contributed by atoms with van der Waals surface area (Å²) < 4.78 is 38.6. The summed E-state index contributed by atoms with van der Waals surface area (Å²) in [5.74, 6) is -3.82. The molecule has 0 saturated carbocycles.